The fraction of sp³-hybridized carbons (Fsp3) is 0.833. The first-order valence-electron chi connectivity index (χ1n) is 5.27. The molecule has 3 unspecified atom stereocenters. The maximum atomic E-state index is 9.62. The first-order chi connectivity index (χ1) is 5.93. The molecule has 1 N–H and O–H groups in total. The third-order valence-electron chi connectivity index (χ3n) is 3.09. The van der Waals surface area contributed by atoms with Gasteiger partial charge in [0.05, 0.1) is 6.10 Å². The van der Waals surface area contributed by atoms with E-state index >= 15 is 0 Å². The molecule has 76 valence electrons. The smallest absolute Gasteiger partial charge is 0.0566 e. The highest BCUT2D eigenvalue weighted by molar-refractivity contribution is 5.06. The van der Waals surface area contributed by atoms with Crippen molar-refractivity contribution in [3.8, 4) is 0 Å². The quantitative estimate of drug-likeness (QED) is 0.618. The number of allylic oxidation sites excluding steroid dienone is 2. The van der Waals surface area contributed by atoms with Crippen LogP contribution in [-0.4, -0.2) is 11.2 Å². The highest BCUT2D eigenvalue weighted by Gasteiger charge is 2.32. The largest absolute Gasteiger partial charge is 0.393 e. The molecule has 1 heteroatoms. The lowest BCUT2D eigenvalue weighted by Crippen LogP contribution is -2.32. The Morgan fingerprint density at radius 3 is 2.54 bits per heavy atom. The molecule has 0 aliphatic heterocycles. The first-order valence-corrected chi connectivity index (χ1v) is 5.27. The predicted octanol–water partition coefficient (Wildman–Crippen LogP) is 3.14. The van der Waals surface area contributed by atoms with Crippen molar-refractivity contribution >= 4 is 0 Å². The Morgan fingerprint density at radius 2 is 2.08 bits per heavy atom. The molecule has 1 fully saturated rings. The minimum absolute atomic E-state index is 0.0707. The third kappa shape index (κ3) is 2.84. The van der Waals surface area contributed by atoms with Crippen molar-refractivity contribution in [3.63, 3.8) is 0 Å². The molecule has 0 amide bonds. The molecule has 1 aliphatic carbocycles. The van der Waals surface area contributed by atoms with E-state index in [9.17, 15) is 5.11 Å². The summed E-state index contributed by atoms with van der Waals surface area (Å²) in [6.07, 6.45) is 5.51. The lowest BCUT2D eigenvalue weighted by Gasteiger charge is -2.38. The maximum Gasteiger partial charge on any atom is 0.0566 e. The van der Waals surface area contributed by atoms with Crippen LogP contribution in [0.25, 0.3) is 0 Å². The van der Waals surface area contributed by atoms with E-state index in [1.165, 1.54) is 5.57 Å². The zero-order valence-electron chi connectivity index (χ0n) is 9.30. The average molecular weight is 182 g/mol. The minimum Gasteiger partial charge on any atom is -0.393 e. The van der Waals surface area contributed by atoms with E-state index in [1.807, 2.05) is 0 Å². The first kappa shape index (κ1) is 10.8. The second kappa shape index (κ2) is 3.83. The van der Waals surface area contributed by atoms with Gasteiger partial charge >= 0.3 is 0 Å². The van der Waals surface area contributed by atoms with Crippen molar-refractivity contribution in [2.45, 2.75) is 53.1 Å². The monoisotopic (exact) mass is 182 g/mol. The molecule has 0 spiro atoms. The summed E-state index contributed by atoms with van der Waals surface area (Å²) >= 11 is 0. The van der Waals surface area contributed by atoms with E-state index in [-0.39, 0.29) is 6.10 Å². The van der Waals surface area contributed by atoms with Gasteiger partial charge in [0.1, 0.15) is 0 Å². The van der Waals surface area contributed by atoms with Gasteiger partial charge in [-0.25, -0.2) is 0 Å². The summed E-state index contributed by atoms with van der Waals surface area (Å²) in [4.78, 5) is 0. The van der Waals surface area contributed by atoms with E-state index in [0.29, 0.717) is 11.3 Å². The second-order valence-electron chi connectivity index (χ2n) is 5.16. The fourth-order valence-corrected chi connectivity index (χ4v) is 2.56. The Kier molecular flexibility index (Phi) is 3.18. The summed E-state index contributed by atoms with van der Waals surface area (Å²) < 4.78 is 0. The molecule has 0 saturated heterocycles. The topological polar surface area (TPSA) is 20.2 Å². The number of aliphatic hydroxyl groups excluding tert-OH is 1. The van der Waals surface area contributed by atoms with Crippen molar-refractivity contribution < 1.29 is 5.11 Å². The highest BCUT2D eigenvalue weighted by Crippen LogP contribution is 2.40. The molecule has 0 aromatic carbocycles. The van der Waals surface area contributed by atoms with Crippen LogP contribution in [0.15, 0.2) is 11.6 Å². The van der Waals surface area contributed by atoms with Crippen molar-refractivity contribution in [3.05, 3.63) is 11.6 Å². The summed E-state index contributed by atoms with van der Waals surface area (Å²) in [7, 11) is 0. The molecule has 0 aromatic heterocycles. The predicted molar refractivity (Wildman–Crippen MR) is 56.6 cm³/mol. The summed E-state index contributed by atoms with van der Waals surface area (Å²) in [6, 6.07) is 0. The number of hydrogen-bond donors (Lipinski definition) is 1. The summed E-state index contributed by atoms with van der Waals surface area (Å²) in [5.41, 5.74) is 1.73. The standard InChI is InChI=1S/C12H22O/c1-9(2)7-12(4)6-5-11(13)10(3)8-12/h7,10-11,13H,5-6,8H2,1-4H3. The lowest BCUT2D eigenvalue weighted by atomic mass is 9.69. The Hall–Kier alpha value is -0.300. The Labute approximate surface area is 81.9 Å². The van der Waals surface area contributed by atoms with Crippen LogP contribution in [0.1, 0.15) is 47.0 Å². The van der Waals surface area contributed by atoms with Crippen molar-refractivity contribution in [2.24, 2.45) is 11.3 Å². The van der Waals surface area contributed by atoms with Crippen LogP contribution in [0, 0.1) is 11.3 Å². The molecule has 13 heavy (non-hydrogen) atoms. The zero-order valence-corrected chi connectivity index (χ0v) is 9.30. The van der Waals surface area contributed by atoms with Crippen molar-refractivity contribution in [1.29, 1.82) is 0 Å². The van der Waals surface area contributed by atoms with E-state index in [0.717, 1.165) is 19.3 Å². The Morgan fingerprint density at radius 1 is 1.46 bits per heavy atom. The maximum absolute atomic E-state index is 9.62. The second-order valence-corrected chi connectivity index (χ2v) is 5.16. The fourth-order valence-electron chi connectivity index (χ4n) is 2.56. The van der Waals surface area contributed by atoms with Crippen LogP contribution in [0.5, 0.6) is 0 Å². The van der Waals surface area contributed by atoms with E-state index in [1.54, 1.807) is 0 Å². The molecule has 0 heterocycles. The number of aliphatic hydroxyl groups is 1. The van der Waals surface area contributed by atoms with E-state index in [2.05, 4.69) is 33.8 Å². The third-order valence-corrected chi connectivity index (χ3v) is 3.09. The summed E-state index contributed by atoms with van der Waals surface area (Å²) in [5.74, 6) is 0.453. The lowest BCUT2D eigenvalue weighted by molar-refractivity contribution is 0.0402. The van der Waals surface area contributed by atoms with Gasteiger partial charge in [-0.05, 0) is 44.4 Å². The molecule has 1 rings (SSSR count). The molecule has 1 saturated carbocycles. The van der Waals surface area contributed by atoms with Crippen LogP contribution >= 0.6 is 0 Å². The van der Waals surface area contributed by atoms with Gasteiger partial charge in [0.2, 0.25) is 0 Å². The summed E-state index contributed by atoms with van der Waals surface area (Å²) in [6.45, 7) is 8.77. The van der Waals surface area contributed by atoms with Crippen molar-refractivity contribution in [1.82, 2.24) is 0 Å². The van der Waals surface area contributed by atoms with Gasteiger partial charge in [-0.1, -0.05) is 25.5 Å². The molecular formula is C12H22O. The van der Waals surface area contributed by atoms with Crippen LogP contribution in [0.3, 0.4) is 0 Å². The van der Waals surface area contributed by atoms with Gasteiger partial charge in [-0.15, -0.1) is 0 Å². The van der Waals surface area contributed by atoms with Gasteiger partial charge in [-0.2, -0.15) is 0 Å². The van der Waals surface area contributed by atoms with Gasteiger partial charge in [0.15, 0.2) is 0 Å². The van der Waals surface area contributed by atoms with Crippen LogP contribution < -0.4 is 0 Å². The molecule has 0 bridgehead atoms. The molecule has 0 radical (unpaired) electrons. The zero-order chi connectivity index (χ0) is 10.1. The van der Waals surface area contributed by atoms with Gasteiger partial charge in [0, 0.05) is 0 Å². The number of rotatable bonds is 1. The van der Waals surface area contributed by atoms with Crippen LogP contribution in [0.4, 0.5) is 0 Å². The normalized spacial score (nSPS) is 40.1. The molecular weight excluding hydrogens is 160 g/mol. The van der Waals surface area contributed by atoms with Gasteiger partial charge in [-0.3, -0.25) is 0 Å². The van der Waals surface area contributed by atoms with Crippen molar-refractivity contribution in [2.75, 3.05) is 0 Å². The Balaban J connectivity index is 2.67. The minimum atomic E-state index is -0.0707. The number of hydrogen-bond acceptors (Lipinski definition) is 1. The molecule has 1 nitrogen and oxygen atoms in total. The van der Waals surface area contributed by atoms with Crippen LogP contribution in [0.2, 0.25) is 0 Å². The Bertz CT molecular complexity index is 203. The SMILES string of the molecule is CC(C)=CC1(C)CCC(O)C(C)C1. The van der Waals surface area contributed by atoms with Crippen LogP contribution in [-0.2, 0) is 0 Å². The van der Waals surface area contributed by atoms with Gasteiger partial charge < -0.3 is 5.11 Å². The molecule has 0 aromatic rings. The van der Waals surface area contributed by atoms with E-state index in [4.69, 9.17) is 0 Å². The summed E-state index contributed by atoms with van der Waals surface area (Å²) in [5, 5.41) is 9.62. The molecule has 3 atom stereocenters. The van der Waals surface area contributed by atoms with Gasteiger partial charge in [0.25, 0.3) is 0 Å². The highest BCUT2D eigenvalue weighted by atomic mass is 16.3. The molecule has 1 aliphatic rings. The van der Waals surface area contributed by atoms with E-state index < -0.39 is 0 Å². The average Bonchev–Trinajstić information content (AvgIpc) is 1.96.